The molecule has 5 atom stereocenters. The van der Waals surface area contributed by atoms with Crippen LogP contribution in [0.25, 0.3) is 10.9 Å². The van der Waals surface area contributed by atoms with E-state index in [9.17, 15) is 24.3 Å². The second-order valence-electron chi connectivity index (χ2n) is 9.34. The molecule has 2 aliphatic rings. The molecule has 3 aromatic rings. The predicted octanol–water partition coefficient (Wildman–Crippen LogP) is 3.38. The van der Waals surface area contributed by atoms with Crippen molar-refractivity contribution >= 4 is 46.0 Å². The molecule has 0 amide bonds. The molecule has 0 bridgehead atoms. The quantitative estimate of drug-likeness (QED) is 0.385. The lowest BCUT2D eigenvalue weighted by atomic mass is 9.97. The van der Waals surface area contributed by atoms with E-state index in [1.807, 2.05) is 0 Å². The predicted molar refractivity (Wildman–Crippen MR) is 137 cm³/mol. The molecule has 0 spiro atoms. The Morgan fingerprint density at radius 3 is 2.13 bits per heavy atom. The summed E-state index contributed by atoms with van der Waals surface area (Å²) >= 11 is 0. The highest BCUT2D eigenvalue weighted by Crippen LogP contribution is 2.43. The number of aliphatic imine (C=N–C) groups is 1. The summed E-state index contributed by atoms with van der Waals surface area (Å²) in [6.45, 7) is 5.16. The van der Waals surface area contributed by atoms with Gasteiger partial charge in [0, 0.05) is 31.7 Å². The number of ether oxygens (including phenoxy) is 4. The largest absolute Gasteiger partial charge is 0.505 e. The van der Waals surface area contributed by atoms with E-state index in [2.05, 4.69) is 4.99 Å². The van der Waals surface area contributed by atoms with Crippen molar-refractivity contribution in [2.75, 3.05) is 0 Å². The van der Waals surface area contributed by atoms with E-state index in [0.29, 0.717) is 22.2 Å². The molecule has 1 saturated heterocycles. The van der Waals surface area contributed by atoms with Crippen LogP contribution >= 0.6 is 0 Å². The highest BCUT2D eigenvalue weighted by atomic mass is 16.7. The van der Waals surface area contributed by atoms with Crippen LogP contribution in [0.5, 0.6) is 5.75 Å². The Bertz CT molecular complexity index is 1540. The Balaban J connectivity index is 1.73. The van der Waals surface area contributed by atoms with E-state index in [1.54, 1.807) is 55.5 Å². The molecule has 1 fully saturated rings. The summed E-state index contributed by atoms with van der Waals surface area (Å²) < 4.78 is 24.4. The minimum absolute atomic E-state index is 0.0335. The third-order valence-corrected chi connectivity index (χ3v) is 6.61. The van der Waals surface area contributed by atoms with Gasteiger partial charge in [0.15, 0.2) is 30.3 Å². The Hall–Kier alpha value is -4.51. The van der Waals surface area contributed by atoms with Crippen LogP contribution in [0.4, 0.5) is 5.69 Å². The minimum Gasteiger partial charge on any atom is -0.505 e. The molecule has 2 aliphatic heterocycles. The Kier molecular flexibility index (Phi) is 6.69. The molecule has 0 unspecified atom stereocenters. The van der Waals surface area contributed by atoms with Crippen molar-refractivity contribution in [1.82, 2.24) is 4.57 Å². The monoisotopic (exact) mass is 534 g/mol. The molecule has 0 radical (unpaired) electrons. The molecule has 2 aromatic carbocycles. The number of aromatic nitrogens is 1. The number of para-hydroxylation sites is 2. The number of hydrogen-bond acceptors (Lipinski definition) is 10. The molecule has 202 valence electrons. The van der Waals surface area contributed by atoms with E-state index in [4.69, 9.17) is 18.9 Å². The smallest absolute Gasteiger partial charge is 0.303 e. The third-order valence-electron chi connectivity index (χ3n) is 6.61. The zero-order chi connectivity index (χ0) is 28.0. The summed E-state index contributed by atoms with van der Waals surface area (Å²) in [4.78, 5) is 54.3. The zero-order valence-electron chi connectivity index (χ0n) is 21.6. The second kappa shape index (κ2) is 9.99. The van der Waals surface area contributed by atoms with Crippen LogP contribution in [-0.4, -0.2) is 63.5 Å². The lowest BCUT2D eigenvalue weighted by Crippen LogP contribution is -2.58. The van der Waals surface area contributed by atoms with Crippen molar-refractivity contribution in [2.24, 2.45) is 4.99 Å². The minimum atomic E-state index is -1.33. The molecule has 1 aromatic heterocycles. The topological polar surface area (TPSA) is 143 Å². The molecular weight excluding hydrogens is 508 g/mol. The van der Waals surface area contributed by atoms with E-state index in [-0.39, 0.29) is 17.2 Å². The summed E-state index contributed by atoms with van der Waals surface area (Å²) in [6.07, 6.45) is -5.79. The molecule has 3 heterocycles. The Morgan fingerprint density at radius 1 is 0.872 bits per heavy atom. The number of carbonyl (C=O) groups is 4. The van der Waals surface area contributed by atoms with Gasteiger partial charge in [0.25, 0.3) is 0 Å². The van der Waals surface area contributed by atoms with Gasteiger partial charge in [-0.3, -0.25) is 19.2 Å². The van der Waals surface area contributed by atoms with Crippen LogP contribution < -0.4 is 0 Å². The first-order valence-electron chi connectivity index (χ1n) is 12.3. The van der Waals surface area contributed by atoms with Gasteiger partial charge in [-0.1, -0.05) is 24.3 Å². The summed E-state index contributed by atoms with van der Waals surface area (Å²) in [7, 11) is 0. The number of nitrogens with zero attached hydrogens (tertiary/aromatic N) is 2. The van der Waals surface area contributed by atoms with E-state index < -0.39 is 54.3 Å². The van der Waals surface area contributed by atoms with Gasteiger partial charge in [0.1, 0.15) is 11.4 Å². The second-order valence-corrected chi connectivity index (χ2v) is 9.34. The van der Waals surface area contributed by atoms with Gasteiger partial charge in [0.2, 0.25) is 5.78 Å². The van der Waals surface area contributed by atoms with E-state index in [0.717, 1.165) is 0 Å². The van der Waals surface area contributed by atoms with Crippen molar-refractivity contribution in [3.63, 3.8) is 0 Å². The first-order valence-corrected chi connectivity index (χ1v) is 12.3. The van der Waals surface area contributed by atoms with Crippen LogP contribution in [0.1, 0.15) is 50.0 Å². The lowest BCUT2D eigenvalue weighted by molar-refractivity contribution is -0.258. The van der Waals surface area contributed by atoms with Gasteiger partial charge in [0.05, 0.1) is 17.3 Å². The molecule has 39 heavy (non-hydrogen) atoms. The molecule has 11 heteroatoms. The van der Waals surface area contributed by atoms with Crippen LogP contribution in [0.3, 0.4) is 0 Å². The number of Topliss-reactive ketones (excluding diaryl/α,β-unsaturated/α-hetero) is 1. The maximum Gasteiger partial charge on any atom is 0.303 e. The lowest BCUT2D eigenvalue weighted by Gasteiger charge is -2.44. The first kappa shape index (κ1) is 26.1. The van der Waals surface area contributed by atoms with Crippen LogP contribution in [0, 0.1) is 0 Å². The molecular formula is C28H26N2O9. The van der Waals surface area contributed by atoms with Crippen molar-refractivity contribution in [3.05, 3.63) is 59.8 Å². The fraction of sp³-hybridized carbons (Fsp3) is 0.321. The maximum atomic E-state index is 13.5. The molecule has 1 N–H and O–H groups in total. The van der Waals surface area contributed by atoms with Crippen molar-refractivity contribution in [1.29, 1.82) is 0 Å². The highest BCUT2D eigenvalue weighted by Gasteiger charge is 2.52. The number of fused-ring (bicyclic) bond motifs is 2. The number of benzene rings is 2. The number of aromatic hydroxyl groups is 1. The van der Waals surface area contributed by atoms with Gasteiger partial charge in [-0.2, -0.15) is 0 Å². The van der Waals surface area contributed by atoms with Crippen LogP contribution in [-0.2, 0) is 33.3 Å². The summed E-state index contributed by atoms with van der Waals surface area (Å²) in [5.74, 6) is -2.71. The molecule has 0 saturated carbocycles. The standard InChI is InChI=1S/C28H26N2O9/c1-13-25(37-14(2)31)26(38-15(3)32)27(39-16(4)33)28(36-13)30-20-12-8-6-10-18(20)24(35)22(30)21-23(34)17-9-5-7-11-19(17)29-21/h5-13,25-28,35H,1-4H3/t13-,25-,26+,27+,28+/m0/s1. The highest BCUT2D eigenvalue weighted by molar-refractivity contribution is 6.55. The number of rotatable bonds is 5. The van der Waals surface area contributed by atoms with Crippen molar-refractivity contribution in [3.8, 4) is 5.75 Å². The summed E-state index contributed by atoms with van der Waals surface area (Å²) in [6, 6.07) is 13.6. The third kappa shape index (κ3) is 4.54. The number of ketones is 1. The fourth-order valence-electron chi connectivity index (χ4n) is 5.16. The Morgan fingerprint density at radius 2 is 1.46 bits per heavy atom. The van der Waals surface area contributed by atoms with E-state index in [1.165, 1.54) is 25.3 Å². The van der Waals surface area contributed by atoms with Crippen molar-refractivity contribution in [2.45, 2.75) is 58.3 Å². The average molecular weight is 535 g/mol. The van der Waals surface area contributed by atoms with Gasteiger partial charge >= 0.3 is 17.9 Å². The number of carbonyl (C=O) groups excluding carboxylic acids is 4. The van der Waals surface area contributed by atoms with Crippen molar-refractivity contribution < 1.29 is 43.2 Å². The zero-order valence-corrected chi connectivity index (χ0v) is 21.6. The first-order chi connectivity index (χ1) is 18.6. The fourth-order valence-corrected chi connectivity index (χ4v) is 5.16. The number of hydrogen-bond donors (Lipinski definition) is 1. The Labute approximate surface area is 222 Å². The van der Waals surface area contributed by atoms with Crippen LogP contribution in [0.15, 0.2) is 53.5 Å². The number of esters is 3. The summed E-state index contributed by atoms with van der Waals surface area (Å²) in [5.41, 5.74) is 1.26. The normalized spacial score (nSPS) is 24.2. The average Bonchev–Trinajstić information content (AvgIpc) is 3.36. The van der Waals surface area contributed by atoms with Crippen LogP contribution in [0.2, 0.25) is 0 Å². The molecule has 11 nitrogen and oxygen atoms in total. The SMILES string of the molecule is CC(=O)O[C@@H]1[C@@H](OC(C)=O)[C@H](C)O[C@@H](n2c(C3=Nc4ccccc4C3=O)c(O)c3ccccc32)[C@@H]1OC(C)=O. The molecule has 5 rings (SSSR count). The van der Waals surface area contributed by atoms with E-state index >= 15 is 0 Å². The van der Waals surface area contributed by atoms with Gasteiger partial charge in [-0.15, -0.1) is 0 Å². The van der Waals surface area contributed by atoms with Gasteiger partial charge in [-0.05, 0) is 31.2 Å². The maximum absolute atomic E-state index is 13.5. The van der Waals surface area contributed by atoms with Gasteiger partial charge < -0.3 is 28.6 Å². The van der Waals surface area contributed by atoms with Gasteiger partial charge in [-0.25, -0.2) is 4.99 Å². The summed E-state index contributed by atoms with van der Waals surface area (Å²) in [5, 5.41) is 11.8. The molecule has 0 aliphatic carbocycles.